The van der Waals surface area contributed by atoms with E-state index in [1.54, 1.807) is 0 Å². The Hall–Kier alpha value is -0.860. The maximum Gasteiger partial charge on any atom is 0.191 e. The number of hydrogen-bond donors (Lipinski definition) is 2. The second-order valence-corrected chi connectivity index (χ2v) is 6.55. The minimum Gasteiger partial charge on any atom is -0.377 e. The molecular formula is C20H35IN4O. The van der Waals surface area contributed by atoms with Crippen molar-refractivity contribution in [2.45, 2.75) is 45.3 Å². The first-order valence-corrected chi connectivity index (χ1v) is 9.63. The van der Waals surface area contributed by atoms with Crippen molar-refractivity contribution in [2.24, 2.45) is 4.99 Å². The van der Waals surface area contributed by atoms with Crippen molar-refractivity contribution in [3.8, 4) is 0 Å². The van der Waals surface area contributed by atoms with Crippen LogP contribution in [0, 0.1) is 0 Å². The fourth-order valence-corrected chi connectivity index (χ4v) is 3.28. The molecule has 6 heteroatoms. The van der Waals surface area contributed by atoms with Gasteiger partial charge in [-0.05, 0) is 44.3 Å². The van der Waals surface area contributed by atoms with Gasteiger partial charge in [0, 0.05) is 32.8 Å². The molecule has 1 atom stereocenters. The predicted octanol–water partition coefficient (Wildman–Crippen LogP) is 3.25. The van der Waals surface area contributed by atoms with Gasteiger partial charge in [0.25, 0.3) is 0 Å². The minimum absolute atomic E-state index is 0. The molecule has 1 aliphatic heterocycles. The van der Waals surface area contributed by atoms with E-state index in [4.69, 9.17) is 4.74 Å². The number of hydrogen-bond acceptors (Lipinski definition) is 3. The molecule has 148 valence electrons. The van der Waals surface area contributed by atoms with E-state index in [-0.39, 0.29) is 24.0 Å². The van der Waals surface area contributed by atoms with Crippen LogP contribution in [0.5, 0.6) is 0 Å². The largest absolute Gasteiger partial charge is 0.377 e. The number of halogens is 1. The standard InChI is InChI=1S/C20H34N4O.HI/c1-3-24-14-9-12-19(24)16-23-20(21-2)22-13-7-8-15-25-17-18-10-5-4-6-11-18;/h4-6,10-11,19H,3,7-9,12-17H2,1-2H3,(H2,21,22,23);1H. The van der Waals surface area contributed by atoms with Gasteiger partial charge in [0.2, 0.25) is 0 Å². The zero-order chi connectivity index (χ0) is 17.7. The van der Waals surface area contributed by atoms with Crippen LogP contribution in [-0.2, 0) is 11.3 Å². The topological polar surface area (TPSA) is 48.9 Å². The summed E-state index contributed by atoms with van der Waals surface area (Å²) in [5, 5.41) is 6.86. The Morgan fingerprint density at radius 1 is 1.23 bits per heavy atom. The summed E-state index contributed by atoms with van der Waals surface area (Å²) in [4.78, 5) is 6.86. The van der Waals surface area contributed by atoms with Crippen LogP contribution in [0.2, 0.25) is 0 Å². The highest BCUT2D eigenvalue weighted by molar-refractivity contribution is 14.0. The summed E-state index contributed by atoms with van der Waals surface area (Å²) in [6.07, 6.45) is 4.74. The van der Waals surface area contributed by atoms with Crippen LogP contribution in [0.1, 0.15) is 38.2 Å². The van der Waals surface area contributed by atoms with Gasteiger partial charge in [-0.1, -0.05) is 37.3 Å². The lowest BCUT2D eigenvalue weighted by molar-refractivity contribution is 0.117. The third-order valence-electron chi connectivity index (χ3n) is 4.75. The molecule has 1 heterocycles. The van der Waals surface area contributed by atoms with Crippen LogP contribution in [0.4, 0.5) is 0 Å². The van der Waals surface area contributed by atoms with E-state index < -0.39 is 0 Å². The van der Waals surface area contributed by atoms with Crippen molar-refractivity contribution in [3.63, 3.8) is 0 Å². The summed E-state index contributed by atoms with van der Waals surface area (Å²) >= 11 is 0. The van der Waals surface area contributed by atoms with E-state index >= 15 is 0 Å². The molecule has 2 rings (SSSR count). The quantitative estimate of drug-likeness (QED) is 0.237. The number of likely N-dealkylation sites (N-methyl/N-ethyl adjacent to an activating group) is 1. The summed E-state index contributed by atoms with van der Waals surface area (Å²) in [5.74, 6) is 0.910. The molecule has 1 aromatic rings. The minimum atomic E-state index is 0. The molecule has 2 N–H and O–H groups in total. The number of ether oxygens (including phenoxy) is 1. The first-order chi connectivity index (χ1) is 12.3. The Bertz CT molecular complexity index is 498. The molecule has 1 aromatic carbocycles. The van der Waals surface area contributed by atoms with Crippen molar-refractivity contribution in [3.05, 3.63) is 35.9 Å². The number of benzene rings is 1. The number of likely N-dealkylation sites (tertiary alicyclic amines) is 1. The van der Waals surface area contributed by atoms with Crippen molar-refractivity contribution in [1.82, 2.24) is 15.5 Å². The molecule has 0 aliphatic carbocycles. The van der Waals surface area contributed by atoms with Crippen LogP contribution >= 0.6 is 24.0 Å². The van der Waals surface area contributed by atoms with Gasteiger partial charge in [0.1, 0.15) is 0 Å². The average molecular weight is 474 g/mol. The summed E-state index contributed by atoms with van der Waals surface area (Å²) in [6, 6.07) is 11.0. The SMILES string of the molecule is CCN1CCCC1CNC(=NC)NCCCCOCc1ccccc1.I. The second-order valence-electron chi connectivity index (χ2n) is 6.55. The van der Waals surface area contributed by atoms with Crippen molar-refractivity contribution in [2.75, 3.05) is 39.8 Å². The van der Waals surface area contributed by atoms with Crippen LogP contribution in [-0.4, -0.2) is 56.7 Å². The number of nitrogens with zero attached hydrogens (tertiary/aromatic N) is 2. The Labute approximate surface area is 176 Å². The predicted molar refractivity (Wildman–Crippen MR) is 120 cm³/mol. The van der Waals surface area contributed by atoms with Crippen LogP contribution < -0.4 is 10.6 Å². The smallest absolute Gasteiger partial charge is 0.191 e. The lowest BCUT2D eigenvalue weighted by Crippen LogP contribution is -2.45. The second kappa shape index (κ2) is 14.2. The maximum atomic E-state index is 5.71. The third-order valence-corrected chi connectivity index (χ3v) is 4.75. The Morgan fingerprint density at radius 3 is 2.77 bits per heavy atom. The van der Waals surface area contributed by atoms with Gasteiger partial charge in [0.15, 0.2) is 5.96 Å². The molecule has 0 aromatic heterocycles. The molecule has 26 heavy (non-hydrogen) atoms. The number of aliphatic imine (C=N–C) groups is 1. The first-order valence-electron chi connectivity index (χ1n) is 9.63. The zero-order valence-electron chi connectivity index (χ0n) is 16.2. The molecule has 0 radical (unpaired) electrons. The molecule has 0 amide bonds. The van der Waals surface area contributed by atoms with Gasteiger partial charge in [-0.3, -0.25) is 9.89 Å². The molecule has 1 saturated heterocycles. The van der Waals surface area contributed by atoms with Gasteiger partial charge in [-0.2, -0.15) is 0 Å². The zero-order valence-corrected chi connectivity index (χ0v) is 18.6. The molecule has 1 fully saturated rings. The molecule has 1 unspecified atom stereocenters. The van der Waals surface area contributed by atoms with Gasteiger partial charge in [-0.25, -0.2) is 0 Å². The number of guanidine groups is 1. The summed E-state index contributed by atoms with van der Waals surface area (Å²) < 4.78 is 5.71. The van der Waals surface area contributed by atoms with E-state index in [2.05, 4.69) is 39.6 Å². The Kier molecular flexibility index (Phi) is 12.7. The summed E-state index contributed by atoms with van der Waals surface area (Å²) in [7, 11) is 1.84. The van der Waals surface area contributed by atoms with Crippen molar-refractivity contribution in [1.29, 1.82) is 0 Å². The van der Waals surface area contributed by atoms with E-state index in [1.165, 1.54) is 24.9 Å². The summed E-state index contributed by atoms with van der Waals surface area (Å²) in [6.45, 7) is 8.03. The number of nitrogens with one attached hydrogen (secondary N) is 2. The fourth-order valence-electron chi connectivity index (χ4n) is 3.28. The highest BCUT2D eigenvalue weighted by atomic mass is 127. The monoisotopic (exact) mass is 474 g/mol. The molecular weight excluding hydrogens is 439 g/mol. The number of unbranched alkanes of at least 4 members (excludes halogenated alkanes) is 1. The maximum absolute atomic E-state index is 5.71. The van der Waals surface area contributed by atoms with E-state index in [9.17, 15) is 0 Å². The van der Waals surface area contributed by atoms with Crippen LogP contribution in [0.15, 0.2) is 35.3 Å². The van der Waals surface area contributed by atoms with Gasteiger partial charge in [-0.15, -0.1) is 24.0 Å². The Balaban J connectivity index is 0.00000338. The first kappa shape index (κ1) is 23.2. The lowest BCUT2D eigenvalue weighted by Gasteiger charge is -2.24. The Morgan fingerprint density at radius 2 is 2.04 bits per heavy atom. The fraction of sp³-hybridized carbons (Fsp3) is 0.650. The summed E-state index contributed by atoms with van der Waals surface area (Å²) in [5.41, 5.74) is 1.23. The molecule has 5 nitrogen and oxygen atoms in total. The highest BCUT2D eigenvalue weighted by Gasteiger charge is 2.22. The van der Waals surface area contributed by atoms with E-state index in [0.717, 1.165) is 45.0 Å². The normalized spacial score (nSPS) is 17.8. The van der Waals surface area contributed by atoms with E-state index in [0.29, 0.717) is 12.6 Å². The van der Waals surface area contributed by atoms with E-state index in [1.807, 2.05) is 25.2 Å². The van der Waals surface area contributed by atoms with Gasteiger partial charge >= 0.3 is 0 Å². The van der Waals surface area contributed by atoms with Crippen LogP contribution in [0.3, 0.4) is 0 Å². The third kappa shape index (κ3) is 8.68. The van der Waals surface area contributed by atoms with Gasteiger partial charge < -0.3 is 15.4 Å². The lowest BCUT2D eigenvalue weighted by atomic mass is 10.2. The molecule has 0 bridgehead atoms. The van der Waals surface area contributed by atoms with Crippen LogP contribution in [0.25, 0.3) is 0 Å². The van der Waals surface area contributed by atoms with Crippen molar-refractivity contribution < 1.29 is 4.74 Å². The molecule has 1 aliphatic rings. The van der Waals surface area contributed by atoms with Crippen molar-refractivity contribution >= 4 is 29.9 Å². The molecule has 0 saturated carbocycles. The highest BCUT2D eigenvalue weighted by Crippen LogP contribution is 2.15. The molecule has 0 spiro atoms. The number of rotatable bonds is 10. The van der Waals surface area contributed by atoms with Gasteiger partial charge in [0.05, 0.1) is 6.61 Å². The average Bonchev–Trinajstić information content (AvgIpc) is 3.12.